The first-order valence-electron chi connectivity index (χ1n) is 6.21. The van der Waals surface area contributed by atoms with E-state index in [-0.39, 0.29) is 5.82 Å². The molecule has 0 saturated heterocycles. The first-order chi connectivity index (χ1) is 10.1. The molecule has 2 aromatic rings. The van der Waals surface area contributed by atoms with E-state index in [4.69, 9.17) is 15.2 Å². The molecule has 6 heteroatoms. The molecule has 0 aliphatic heterocycles. The molecule has 2 rings (SSSR count). The van der Waals surface area contributed by atoms with Gasteiger partial charge in [0, 0.05) is 24.9 Å². The lowest BCUT2D eigenvalue weighted by Crippen LogP contribution is -2.36. The largest absolute Gasteiger partial charge is 0.457 e. The minimum atomic E-state index is -1.04. The van der Waals surface area contributed by atoms with Crippen LogP contribution in [0.25, 0.3) is 0 Å². The van der Waals surface area contributed by atoms with Crippen molar-refractivity contribution in [1.29, 1.82) is 0 Å². The average molecular weight is 290 g/mol. The van der Waals surface area contributed by atoms with E-state index in [1.54, 1.807) is 36.4 Å². The summed E-state index contributed by atoms with van der Waals surface area (Å²) in [5, 5.41) is 2.59. The van der Waals surface area contributed by atoms with E-state index in [0.29, 0.717) is 17.2 Å². The second kappa shape index (κ2) is 6.83. The van der Waals surface area contributed by atoms with Gasteiger partial charge in [-0.15, -0.1) is 0 Å². The number of nitrogens with two attached hydrogens (primary N) is 1. The van der Waals surface area contributed by atoms with Gasteiger partial charge in [-0.1, -0.05) is 12.1 Å². The third kappa shape index (κ3) is 4.27. The maximum Gasteiger partial charge on any atom is 0.268 e. The van der Waals surface area contributed by atoms with E-state index in [2.05, 4.69) is 5.32 Å². The molecule has 110 valence electrons. The van der Waals surface area contributed by atoms with Crippen molar-refractivity contribution in [1.82, 2.24) is 0 Å². The molecule has 0 radical (unpaired) electrons. The van der Waals surface area contributed by atoms with E-state index in [9.17, 15) is 9.18 Å². The molecule has 1 amide bonds. The molecule has 5 nitrogen and oxygen atoms in total. The summed E-state index contributed by atoms with van der Waals surface area (Å²) in [6.07, 6.45) is -1.04. The third-order valence-corrected chi connectivity index (χ3v) is 2.65. The fraction of sp³-hybridized carbons (Fsp3) is 0.133. The lowest BCUT2D eigenvalue weighted by atomic mass is 10.3. The summed E-state index contributed by atoms with van der Waals surface area (Å²) in [5.74, 6) is -0.0279. The van der Waals surface area contributed by atoms with Crippen molar-refractivity contribution in [2.45, 2.75) is 6.23 Å². The standard InChI is InChI=1S/C15H15FN2O3/c1-20-14(17)15(19)18-11-5-3-7-13(9-11)21-12-6-2-4-10(16)8-12/h2-9,14H,17H2,1H3,(H,18,19). The molecule has 0 spiro atoms. The zero-order valence-corrected chi connectivity index (χ0v) is 11.4. The topological polar surface area (TPSA) is 73.6 Å². The van der Waals surface area contributed by atoms with Gasteiger partial charge in [0.2, 0.25) is 0 Å². The number of carbonyl (C=O) groups is 1. The number of hydrogen-bond donors (Lipinski definition) is 2. The van der Waals surface area contributed by atoms with E-state index < -0.39 is 12.1 Å². The van der Waals surface area contributed by atoms with Crippen LogP contribution in [0.3, 0.4) is 0 Å². The second-order valence-corrected chi connectivity index (χ2v) is 4.23. The Bertz CT molecular complexity index is 634. The minimum Gasteiger partial charge on any atom is -0.457 e. The van der Waals surface area contributed by atoms with Crippen LogP contribution in [-0.2, 0) is 9.53 Å². The van der Waals surface area contributed by atoms with Crippen molar-refractivity contribution in [2.24, 2.45) is 5.73 Å². The number of hydrogen-bond acceptors (Lipinski definition) is 4. The van der Waals surface area contributed by atoms with Gasteiger partial charge in [-0.3, -0.25) is 10.5 Å². The average Bonchev–Trinajstić information content (AvgIpc) is 2.46. The van der Waals surface area contributed by atoms with E-state index >= 15 is 0 Å². The summed E-state index contributed by atoms with van der Waals surface area (Å²) in [6, 6.07) is 12.5. The number of carbonyl (C=O) groups excluding carboxylic acids is 1. The molecule has 1 atom stereocenters. The third-order valence-electron chi connectivity index (χ3n) is 2.65. The van der Waals surface area contributed by atoms with E-state index in [1.165, 1.54) is 19.2 Å². The van der Waals surface area contributed by atoms with Crippen LogP contribution in [0.15, 0.2) is 48.5 Å². The number of ether oxygens (including phenoxy) is 2. The number of benzene rings is 2. The molecular weight excluding hydrogens is 275 g/mol. The summed E-state index contributed by atoms with van der Waals surface area (Å²) in [4.78, 5) is 11.6. The quantitative estimate of drug-likeness (QED) is 0.830. The molecule has 0 aliphatic carbocycles. The maximum absolute atomic E-state index is 13.1. The number of anilines is 1. The highest BCUT2D eigenvalue weighted by molar-refractivity contribution is 5.93. The number of methoxy groups -OCH3 is 1. The molecule has 0 heterocycles. The van der Waals surface area contributed by atoms with Crippen molar-refractivity contribution < 1.29 is 18.7 Å². The molecular formula is C15H15FN2O3. The van der Waals surface area contributed by atoms with Crippen LogP contribution in [0.1, 0.15) is 0 Å². The Balaban J connectivity index is 2.09. The van der Waals surface area contributed by atoms with Gasteiger partial charge in [-0.2, -0.15) is 0 Å². The van der Waals surface area contributed by atoms with Crippen LogP contribution < -0.4 is 15.8 Å². The predicted molar refractivity (Wildman–Crippen MR) is 76.5 cm³/mol. The molecule has 0 fully saturated rings. The summed E-state index contributed by atoms with van der Waals surface area (Å²) < 4.78 is 23.3. The van der Waals surface area contributed by atoms with Gasteiger partial charge in [0.05, 0.1) is 0 Å². The Morgan fingerprint density at radius 3 is 2.52 bits per heavy atom. The van der Waals surface area contributed by atoms with Crippen LogP contribution in [0.4, 0.5) is 10.1 Å². The van der Waals surface area contributed by atoms with Gasteiger partial charge in [0.25, 0.3) is 5.91 Å². The summed E-state index contributed by atoms with van der Waals surface area (Å²) in [6.45, 7) is 0. The van der Waals surface area contributed by atoms with Crippen LogP contribution >= 0.6 is 0 Å². The highest BCUT2D eigenvalue weighted by Crippen LogP contribution is 2.24. The van der Waals surface area contributed by atoms with Gasteiger partial charge in [-0.05, 0) is 24.3 Å². The van der Waals surface area contributed by atoms with Crippen LogP contribution in [0, 0.1) is 5.82 Å². The number of amides is 1. The summed E-state index contributed by atoms with van der Waals surface area (Å²) in [5.41, 5.74) is 5.94. The molecule has 0 aromatic heterocycles. The second-order valence-electron chi connectivity index (χ2n) is 4.23. The van der Waals surface area contributed by atoms with Crippen molar-refractivity contribution in [3.05, 3.63) is 54.3 Å². The van der Waals surface area contributed by atoms with Crippen molar-refractivity contribution >= 4 is 11.6 Å². The molecule has 21 heavy (non-hydrogen) atoms. The Labute approximate surface area is 121 Å². The van der Waals surface area contributed by atoms with Crippen molar-refractivity contribution in [2.75, 3.05) is 12.4 Å². The normalized spacial score (nSPS) is 11.8. The summed E-state index contributed by atoms with van der Waals surface area (Å²) >= 11 is 0. The Hall–Kier alpha value is -2.44. The molecule has 0 saturated carbocycles. The predicted octanol–water partition coefficient (Wildman–Crippen LogP) is 2.49. The molecule has 1 unspecified atom stereocenters. The number of halogens is 1. The fourth-order valence-corrected chi connectivity index (χ4v) is 1.62. The Kier molecular flexibility index (Phi) is 4.86. The lowest BCUT2D eigenvalue weighted by molar-refractivity contribution is -0.125. The highest BCUT2D eigenvalue weighted by Gasteiger charge is 2.12. The first-order valence-corrected chi connectivity index (χ1v) is 6.21. The van der Waals surface area contributed by atoms with Gasteiger partial charge in [0.1, 0.15) is 17.3 Å². The Morgan fingerprint density at radius 1 is 1.19 bits per heavy atom. The number of rotatable bonds is 5. The van der Waals surface area contributed by atoms with Crippen LogP contribution in [0.5, 0.6) is 11.5 Å². The maximum atomic E-state index is 13.1. The first kappa shape index (κ1) is 15.0. The van der Waals surface area contributed by atoms with E-state index in [0.717, 1.165) is 0 Å². The highest BCUT2D eigenvalue weighted by atomic mass is 19.1. The fourth-order valence-electron chi connectivity index (χ4n) is 1.62. The zero-order valence-electron chi connectivity index (χ0n) is 11.4. The lowest BCUT2D eigenvalue weighted by Gasteiger charge is -2.11. The van der Waals surface area contributed by atoms with Gasteiger partial charge < -0.3 is 14.8 Å². The molecule has 2 aromatic carbocycles. The zero-order chi connectivity index (χ0) is 15.2. The monoisotopic (exact) mass is 290 g/mol. The molecule has 0 aliphatic rings. The van der Waals surface area contributed by atoms with Gasteiger partial charge in [-0.25, -0.2) is 4.39 Å². The van der Waals surface area contributed by atoms with Crippen molar-refractivity contribution in [3.8, 4) is 11.5 Å². The molecule has 0 bridgehead atoms. The van der Waals surface area contributed by atoms with Crippen molar-refractivity contribution in [3.63, 3.8) is 0 Å². The Morgan fingerprint density at radius 2 is 1.86 bits per heavy atom. The van der Waals surface area contributed by atoms with Gasteiger partial charge in [0.15, 0.2) is 6.23 Å². The van der Waals surface area contributed by atoms with E-state index in [1.807, 2.05) is 0 Å². The molecule has 3 N–H and O–H groups in total. The number of nitrogens with one attached hydrogen (secondary N) is 1. The van der Waals surface area contributed by atoms with Crippen LogP contribution in [0.2, 0.25) is 0 Å². The van der Waals surface area contributed by atoms with Gasteiger partial charge >= 0.3 is 0 Å². The minimum absolute atomic E-state index is 0.368. The SMILES string of the molecule is COC(N)C(=O)Nc1cccc(Oc2cccc(F)c2)c1. The summed E-state index contributed by atoms with van der Waals surface area (Å²) in [7, 11) is 1.34. The smallest absolute Gasteiger partial charge is 0.268 e. The van der Waals surface area contributed by atoms with Crippen LogP contribution in [-0.4, -0.2) is 19.2 Å².